The lowest BCUT2D eigenvalue weighted by atomic mass is 9.98. The topological polar surface area (TPSA) is 359 Å². The van der Waals surface area contributed by atoms with Crippen LogP contribution in [-0.2, 0) is 54.5 Å². The molecule has 0 bridgehead atoms. The maximum atomic E-state index is 13.6. The summed E-state index contributed by atoms with van der Waals surface area (Å²) in [7, 11) is 0. The number of nitrogens with one attached hydrogen (secondary N) is 2. The molecular formula is C122H234N8O16. The Labute approximate surface area is 893 Å². The van der Waals surface area contributed by atoms with Crippen molar-refractivity contribution in [3.8, 4) is 0 Å². The molecule has 24 nitrogen and oxygen atoms in total. The Morgan fingerprint density at radius 1 is 0.274 bits per heavy atom. The van der Waals surface area contributed by atoms with Gasteiger partial charge in [0.15, 0.2) is 12.6 Å². The third-order valence-corrected chi connectivity index (χ3v) is 31.8. The van der Waals surface area contributed by atoms with Crippen LogP contribution in [0, 0.1) is 0 Å². The lowest BCUT2D eigenvalue weighted by Crippen LogP contribution is -2.60. The van der Waals surface area contributed by atoms with Crippen molar-refractivity contribution in [1.82, 2.24) is 40.6 Å². The summed E-state index contributed by atoms with van der Waals surface area (Å²) in [5.74, 6) is -0.493. The van der Waals surface area contributed by atoms with Crippen molar-refractivity contribution in [2.75, 3.05) is 13.2 Å². The van der Waals surface area contributed by atoms with Crippen LogP contribution in [0.1, 0.15) is 617 Å². The first kappa shape index (κ1) is 135. The van der Waals surface area contributed by atoms with E-state index < -0.39 is 97.9 Å². The molecule has 2 saturated heterocycles. The number of aliphatic hydroxyl groups is 10. The smallest absolute Gasteiger partial charge is 0.220 e. The third-order valence-electron chi connectivity index (χ3n) is 31.8. The van der Waals surface area contributed by atoms with E-state index >= 15 is 0 Å². The molecule has 0 unspecified atom stereocenters. The van der Waals surface area contributed by atoms with Gasteiger partial charge in [-0.1, -0.05) is 565 Å². The highest BCUT2D eigenvalue weighted by molar-refractivity contribution is 5.76. The number of aliphatic hydroxyl groups excluding tert-OH is 10. The second-order valence-electron chi connectivity index (χ2n) is 45.6. The minimum absolute atomic E-state index is 0.0425. The number of hydrogen-bond donors (Lipinski definition) is 12. The molecule has 0 radical (unpaired) electrons. The highest BCUT2D eigenvalue weighted by atomic mass is 16.7. The average molecular weight is 2070 g/mol. The zero-order chi connectivity index (χ0) is 105. The van der Waals surface area contributed by atoms with Gasteiger partial charge >= 0.3 is 0 Å². The van der Waals surface area contributed by atoms with E-state index in [4.69, 9.17) is 18.9 Å². The van der Waals surface area contributed by atoms with E-state index in [0.29, 0.717) is 25.7 Å². The summed E-state index contributed by atoms with van der Waals surface area (Å²) < 4.78 is 27.7. The number of carbonyl (C=O) groups is 2. The van der Waals surface area contributed by atoms with Crippen molar-refractivity contribution in [3.05, 3.63) is 23.8 Å². The maximum Gasteiger partial charge on any atom is 0.220 e. The van der Waals surface area contributed by atoms with Crippen molar-refractivity contribution < 1.29 is 79.6 Å². The van der Waals surface area contributed by atoms with Gasteiger partial charge in [0.2, 0.25) is 11.8 Å². The Morgan fingerprint density at radius 2 is 0.466 bits per heavy atom. The number of hydrogen-bond acceptors (Lipinski definition) is 20. The van der Waals surface area contributed by atoms with Crippen molar-refractivity contribution in [2.45, 2.75) is 729 Å². The van der Waals surface area contributed by atoms with Crippen LogP contribution in [0.15, 0.2) is 12.4 Å². The lowest BCUT2D eigenvalue weighted by Gasteiger charge is -2.40. The fraction of sp³-hybridized carbons (Fsp3) is 0.951. The molecule has 0 aromatic carbocycles. The van der Waals surface area contributed by atoms with Crippen LogP contribution < -0.4 is 10.6 Å². The van der Waals surface area contributed by atoms with Crippen molar-refractivity contribution in [2.24, 2.45) is 0 Å². The maximum absolute atomic E-state index is 13.6. The number of unbranched alkanes of at least 4 members (excludes halogenated alkanes) is 81. The number of carbonyl (C=O) groups excluding carboxylic acids is 2. The highest BCUT2D eigenvalue weighted by Crippen LogP contribution is 2.30. The van der Waals surface area contributed by atoms with E-state index in [1.807, 2.05) is 12.4 Å². The monoisotopic (exact) mass is 2070 g/mol. The van der Waals surface area contributed by atoms with Gasteiger partial charge in [0.1, 0.15) is 61.0 Å². The molecule has 4 rings (SSSR count). The van der Waals surface area contributed by atoms with Crippen LogP contribution in [0.5, 0.6) is 0 Å². The van der Waals surface area contributed by atoms with Gasteiger partial charge in [-0.2, -0.15) is 0 Å². The Balaban J connectivity index is 1.07. The van der Waals surface area contributed by atoms with Crippen LogP contribution in [0.3, 0.4) is 0 Å². The predicted molar refractivity (Wildman–Crippen MR) is 599 cm³/mol. The van der Waals surface area contributed by atoms with Gasteiger partial charge in [0.25, 0.3) is 0 Å². The number of ether oxygens (including phenoxy) is 4. The standard InChI is InChI=1S/C122H234N8O16/c1-5-9-13-17-21-25-29-33-35-37-39-41-43-45-47-49-55-59-65-71-77-83-89-95-111(133)123-105(113(135)107(131)93-87-81-75-69-63-31-27-23-19-15-11-7-3)101-143-121-119(141)117(139)115(137)109(145-121)99-129-97-103(125-127-129)91-85-79-73-67-61-57-53-51-52-54-58-62-68-74-80-86-92-104-98-130(128-126-104)100-110-116(138)118(140)120(142)122(146-110)144-102-106(114(136)108(132)94-88-82-76-70-64-32-28-24-20-16-12-8-4)124-112(134)96-90-84-78-72-66-60-56-50-48-46-44-42-40-38-36-34-30-26-22-18-14-10-6-2/h97-98,105-110,113-122,131-132,135-142H,5-96,99-102H2,1-4H3,(H,123,133)(H,124,134)/t105-,106-,107+,108+,109+,110+,113-,114-,115-,116-,117-,118-,119+,120+,121-,122-/m0/s1. The average Bonchev–Trinajstić information content (AvgIpc) is 1.35. The van der Waals surface area contributed by atoms with E-state index in [2.05, 4.69) is 59.0 Å². The minimum atomic E-state index is -1.62. The van der Waals surface area contributed by atoms with E-state index in [-0.39, 0.29) is 51.0 Å². The van der Waals surface area contributed by atoms with E-state index in [9.17, 15) is 60.7 Å². The Morgan fingerprint density at radius 3 is 0.678 bits per heavy atom. The summed E-state index contributed by atoms with van der Waals surface area (Å²) in [4.78, 5) is 27.1. The molecule has 858 valence electrons. The quantitative estimate of drug-likeness (QED) is 0.0274. The van der Waals surface area contributed by atoms with Crippen LogP contribution in [-0.4, -0.2) is 204 Å². The zero-order valence-electron chi connectivity index (χ0n) is 94.9. The van der Waals surface area contributed by atoms with E-state index in [1.165, 1.54) is 411 Å². The van der Waals surface area contributed by atoms with Crippen LogP contribution >= 0.6 is 0 Å². The lowest BCUT2D eigenvalue weighted by molar-refractivity contribution is -0.301. The Hall–Kier alpha value is -3.34. The summed E-state index contributed by atoms with van der Waals surface area (Å²) in [6, 6.07) is -2.03. The molecule has 4 heterocycles. The normalized spacial score (nSPS) is 19.5. The van der Waals surface area contributed by atoms with Crippen LogP contribution in [0.4, 0.5) is 0 Å². The molecule has 2 aliphatic heterocycles. The summed E-state index contributed by atoms with van der Waals surface area (Å²) in [5.41, 5.74) is 1.64. The second-order valence-corrected chi connectivity index (χ2v) is 45.6. The molecule has 0 saturated carbocycles. The SMILES string of the molecule is CCCCCCCCCCCCCCCCCCCCCCCCCC(=O)N[C@@H](CO[C@H]1O[C@H](Cn2cc(CCCCCCCCCCCCCCCCCCc3cn(C[C@H]4O[C@H](OC[C@H](NC(=O)CCCCCCCCCCCCCCCCCCCCCCCCC)[C@H](O)[C@H](O)CCCCCCCCCCCCCC)[C@H](O)[C@@H](O)[C@H]4O)nn3)nn2)[C@H](O)[C@H](O)[C@H]1O)[C@H](O)[C@H](O)CCCCCCCCCCCCCC. The first-order valence-electron chi connectivity index (χ1n) is 63.2. The second kappa shape index (κ2) is 96.2. The van der Waals surface area contributed by atoms with Gasteiger partial charge in [0, 0.05) is 25.2 Å². The molecule has 146 heavy (non-hydrogen) atoms. The molecule has 0 aliphatic carbocycles. The molecule has 2 aromatic heterocycles. The van der Waals surface area contributed by atoms with Gasteiger partial charge < -0.3 is 80.6 Å². The van der Waals surface area contributed by atoms with Crippen molar-refractivity contribution in [1.29, 1.82) is 0 Å². The fourth-order valence-corrected chi connectivity index (χ4v) is 21.8. The Bertz CT molecular complexity index is 2940. The van der Waals surface area contributed by atoms with Gasteiger partial charge in [-0.15, -0.1) is 10.2 Å². The molecule has 2 fully saturated rings. The Kier molecular flexibility index (Phi) is 88.9. The molecule has 2 amide bonds. The summed E-state index contributed by atoms with van der Waals surface area (Å²) in [6.45, 7) is 8.55. The van der Waals surface area contributed by atoms with Gasteiger partial charge in [0.05, 0.1) is 62.0 Å². The predicted octanol–water partition coefficient (Wildman–Crippen LogP) is 27.9. The molecule has 2 aliphatic rings. The van der Waals surface area contributed by atoms with Gasteiger partial charge in [-0.05, 0) is 51.4 Å². The van der Waals surface area contributed by atoms with Crippen molar-refractivity contribution >= 4 is 11.8 Å². The number of aryl methyl sites for hydroxylation is 2. The number of rotatable bonds is 109. The highest BCUT2D eigenvalue weighted by Gasteiger charge is 2.47. The first-order chi connectivity index (χ1) is 71.5. The summed E-state index contributed by atoms with van der Waals surface area (Å²) in [5, 5.41) is 136. The van der Waals surface area contributed by atoms with E-state index in [1.54, 1.807) is 9.36 Å². The van der Waals surface area contributed by atoms with Crippen molar-refractivity contribution in [3.63, 3.8) is 0 Å². The molecule has 16 atom stereocenters. The van der Waals surface area contributed by atoms with Crippen LogP contribution in [0.25, 0.3) is 0 Å². The minimum Gasteiger partial charge on any atom is -0.390 e. The largest absolute Gasteiger partial charge is 0.390 e. The third kappa shape index (κ3) is 71.7. The summed E-state index contributed by atoms with van der Waals surface area (Å²) in [6.07, 6.45) is 94.2. The molecule has 0 spiro atoms. The number of aromatic nitrogens is 6. The first-order valence-corrected chi connectivity index (χ1v) is 63.2. The summed E-state index contributed by atoms with van der Waals surface area (Å²) >= 11 is 0. The fourth-order valence-electron chi connectivity index (χ4n) is 21.8. The van der Waals surface area contributed by atoms with Gasteiger partial charge in [-0.3, -0.25) is 9.59 Å². The van der Waals surface area contributed by atoms with E-state index in [0.717, 1.165) is 153 Å². The molecular weight excluding hydrogens is 1830 g/mol. The molecule has 2 aromatic rings. The zero-order valence-corrected chi connectivity index (χ0v) is 94.9. The number of amides is 2. The number of nitrogens with zero attached hydrogens (tertiary/aromatic N) is 6. The van der Waals surface area contributed by atoms with Gasteiger partial charge in [-0.25, -0.2) is 9.36 Å². The van der Waals surface area contributed by atoms with Crippen LogP contribution in [0.2, 0.25) is 0 Å². The molecule has 12 N–H and O–H groups in total. The molecule has 24 heteroatoms.